The van der Waals surface area contributed by atoms with E-state index in [0.717, 1.165) is 18.7 Å². The molecule has 4 rings (SSSR count). The van der Waals surface area contributed by atoms with Crippen molar-refractivity contribution in [1.82, 2.24) is 14.1 Å². The zero-order chi connectivity index (χ0) is 30.4. The second kappa shape index (κ2) is 14.0. The van der Waals surface area contributed by atoms with Gasteiger partial charge in [0.05, 0.1) is 42.9 Å². The largest absolute Gasteiger partial charge is 0.488 e. The van der Waals surface area contributed by atoms with E-state index < -0.39 is 22.2 Å². The summed E-state index contributed by atoms with van der Waals surface area (Å²) in [6.45, 7) is 9.12. The zero-order valence-corrected chi connectivity index (χ0v) is 25.6. The zero-order valence-electron chi connectivity index (χ0n) is 24.8. The Hall–Kier alpha value is -3.03. The minimum Gasteiger partial charge on any atom is -0.488 e. The van der Waals surface area contributed by atoms with Crippen LogP contribution >= 0.6 is 0 Å². The fourth-order valence-corrected chi connectivity index (χ4v) is 6.25. The highest BCUT2D eigenvalue weighted by Crippen LogP contribution is 2.31. The van der Waals surface area contributed by atoms with Crippen LogP contribution in [0.4, 0.5) is 5.69 Å². The lowest BCUT2D eigenvalue weighted by Gasteiger charge is -2.38. The van der Waals surface area contributed by atoms with Crippen LogP contribution in [0.2, 0.25) is 0 Å². The first-order valence-corrected chi connectivity index (χ1v) is 15.8. The fourth-order valence-electron chi connectivity index (χ4n) is 5.07. The lowest BCUT2D eigenvalue weighted by Crippen LogP contribution is -2.50. The Balaban J connectivity index is 1.55. The first-order chi connectivity index (χ1) is 20.0. The van der Waals surface area contributed by atoms with E-state index in [1.807, 2.05) is 13.8 Å². The SMILES string of the molecule is Cc1ccc(S(=O)(=O)N(C)C[C@H]2Oc3ccc(NC(=O)CCN4CCOCC4)cc3C(=O)N([C@@H](C)CO)C[C@H]2C)cc1. The number of anilines is 1. The van der Waals surface area contributed by atoms with Gasteiger partial charge < -0.3 is 24.8 Å². The number of fused-ring (bicyclic) bond motifs is 1. The smallest absolute Gasteiger partial charge is 0.258 e. The van der Waals surface area contributed by atoms with Crippen molar-refractivity contribution in [3.8, 4) is 5.75 Å². The van der Waals surface area contributed by atoms with E-state index in [-0.39, 0.29) is 47.9 Å². The van der Waals surface area contributed by atoms with Crippen LogP contribution in [0, 0.1) is 12.8 Å². The molecular weight excluding hydrogens is 560 g/mol. The van der Waals surface area contributed by atoms with Crippen molar-refractivity contribution < 1.29 is 32.6 Å². The van der Waals surface area contributed by atoms with Gasteiger partial charge in [0.15, 0.2) is 0 Å². The Morgan fingerprint density at radius 3 is 2.52 bits per heavy atom. The van der Waals surface area contributed by atoms with Gasteiger partial charge in [0, 0.05) is 51.3 Å². The molecule has 3 atom stereocenters. The number of ether oxygens (including phenoxy) is 2. The number of sulfonamides is 1. The average molecular weight is 603 g/mol. The van der Waals surface area contributed by atoms with Crippen LogP contribution in [0.5, 0.6) is 5.75 Å². The Morgan fingerprint density at radius 2 is 1.86 bits per heavy atom. The van der Waals surface area contributed by atoms with Gasteiger partial charge in [-0.2, -0.15) is 4.31 Å². The van der Waals surface area contributed by atoms with Crippen molar-refractivity contribution >= 4 is 27.5 Å². The van der Waals surface area contributed by atoms with Crippen molar-refractivity contribution in [2.75, 3.05) is 64.9 Å². The molecule has 2 heterocycles. The molecule has 0 bridgehead atoms. The summed E-state index contributed by atoms with van der Waals surface area (Å²) in [6.07, 6.45) is -0.291. The molecule has 0 saturated carbocycles. The van der Waals surface area contributed by atoms with Crippen molar-refractivity contribution in [1.29, 1.82) is 0 Å². The van der Waals surface area contributed by atoms with Crippen molar-refractivity contribution in [2.24, 2.45) is 5.92 Å². The average Bonchev–Trinajstić information content (AvgIpc) is 2.98. The number of carbonyl (C=O) groups excluding carboxylic acids is 2. The van der Waals surface area contributed by atoms with Gasteiger partial charge in [-0.05, 0) is 44.2 Å². The molecule has 2 aliphatic heterocycles. The number of aryl methyl sites for hydroxylation is 1. The molecule has 0 spiro atoms. The number of hydrogen-bond donors (Lipinski definition) is 2. The number of benzene rings is 2. The monoisotopic (exact) mass is 602 g/mol. The number of amides is 2. The third-order valence-electron chi connectivity index (χ3n) is 7.87. The number of aliphatic hydroxyl groups is 1. The van der Waals surface area contributed by atoms with E-state index in [9.17, 15) is 23.1 Å². The molecule has 2 aromatic rings. The molecule has 2 N–H and O–H groups in total. The van der Waals surface area contributed by atoms with Gasteiger partial charge in [0.2, 0.25) is 15.9 Å². The van der Waals surface area contributed by atoms with Crippen LogP contribution in [-0.2, 0) is 19.6 Å². The Labute approximate surface area is 248 Å². The Kier molecular flexibility index (Phi) is 10.6. The first kappa shape index (κ1) is 31.9. The molecule has 2 aromatic carbocycles. The quantitative estimate of drug-likeness (QED) is 0.424. The van der Waals surface area contributed by atoms with Crippen molar-refractivity contribution in [3.05, 3.63) is 53.6 Å². The summed E-state index contributed by atoms with van der Waals surface area (Å²) in [4.78, 5) is 30.3. The van der Waals surface area contributed by atoms with Gasteiger partial charge in [0.25, 0.3) is 5.91 Å². The van der Waals surface area contributed by atoms with Gasteiger partial charge in [-0.15, -0.1) is 0 Å². The lowest BCUT2D eigenvalue weighted by molar-refractivity contribution is -0.116. The van der Waals surface area contributed by atoms with Crippen LogP contribution in [0.1, 0.15) is 36.2 Å². The third kappa shape index (κ3) is 7.67. The third-order valence-corrected chi connectivity index (χ3v) is 9.71. The molecule has 11 nitrogen and oxygen atoms in total. The number of morpholine rings is 1. The summed E-state index contributed by atoms with van der Waals surface area (Å²) in [5.41, 5.74) is 1.65. The molecule has 1 saturated heterocycles. The van der Waals surface area contributed by atoms with Crippen LogP contribution in [0.3, 0.4) is 0 Å². The molecule has 0 aromatic heterocycles. The summed E-state index contributed by atoms with van der Waals surface area (Å²) >= 11 is 0. The molecule has 230 valence electrons. The molecule has 0 unspecified atom stereocenters. The lowest BCUT2D eigenvalue weighted by atomic mass is 9.99. The fraction of sp³-hybridized carbons (Fsp3) is 0.533. The van der Waals surface area contributed by atoms with E-state index in [0.29, 0.717) is 37.6 Å². The van der Waals surface area contributed by atoms with E-state index in [4.69, 9.17) is 9.47 Å². The van der Waals surface area contributed by atoms with E-state index in [2.05, 4.69) is 10.2 Å². The number of rotatable bonds is 10. The number of carbonyl (C=O) groups is 2. The summed E-state index contributed by atoms with van der Waals surface area (Å²) in [5.74, 6) is -0.469. The Bertz CT molecular complexity index is 1350. The maximum atomic E-state index is 13.7. The van der Waals surface area contributed by atoms with Crippen LogP contribution in [0.15, 0.2) is 47.4 Å². The van der Waals surface area contributed by atoms with Gasteiger partial charge in [0.1, 0.15) is 11.9 Å². The number of nitrogens with one attached hydrogen (secondary N) is 1. The van der Waals surface area contributed by atoms with Gasteiger partial charge in [-0.1, -0.05) is 24.6 Å². The van der Waals surface area contributed by atoms with Gasteiger partial charge in [-0.25, -0.2) is 8.42 Å². The Morgan fingerprint density at radius 1 is 1.17 bits per heavy atom. The van der Waals surface area contributed by atoms with Crippen LogP contribution in [0.25, 0.3) is 0 Å². The minimum atomic E-state index is -3.78. The number of aliphatic hydroxyl groups excluding tert-OH is 1. The van der Waals surface area contributed by atoms with E-state index in [1.54, 1.807) is 54.3 Å². The molecule has 2 aliphatic rings. The van der Waals surface area contributed by atoms with E-state index in [1.165, 1.54) is 11.4 Å². The molecule has 0 radical (unpaired) electrons. The highest BCUT2D eigenvalue weighted by atomic mass is 32.2. The highest BCUT2D eigenvalue weighted by molar-refractivity contribution is 7.89. The maximum absolute atomic E-state index is 13.7. The summed E-state index contributed by atoms with van der Waals surface area (Å²) in [6, 6.07) is 11.1. The molecule has 0 aliphatic carbocycles. The molecule has 1 fully saturated rings. The predicted molar refractivity (Wildman–Crippen MR) is 159 cm³/mol. The molecule has 12 heteroatoms. The summed E-state index contributed by atoms with van der Waals surface area (Å²) in [5, 5.41) is 12.8. The van der Waals surface area contributed by atoms with Gasteiger partial charge in [-0.3, -0.25) is 14.5 Å². The normalized spacial score (nSPS) is 20.8. The standard InChI is InChI=1S/C30H42N4O7S/c1-21-5-8-25(9-6-21)42(38,39)32(4)19-28-22(2)18-34(23(3)20-35)30(37)26-17-24(7-10-27(26)41-28)31-29(36)11-12-33-13-15-40-16-14-33/h5-10,17,22-23,28,35H,11-16,18-20H2,1-4H3,(H,31,36)/t22-,23+,28-/m1/s1. The van der Waals surface area contributed by atoms with E-state index >= 15 is 0 Å². The van der Waals surface area contributed by atoms with Crippen LogP contribution < -0.4 is 10.1 Å². The first-order valence-electron chi connectivity index (χ1n) is 14.3. The van der Waals surface area contributed by atoms with Crippen LogP contribution in [-0.4, -0.2) is 111 Å². The number of nitrogens with zero attached hydrogens (tertiary/aromatic N) is 3. The second-order valence-corrected chi connectivity index (χ2v) is 13.2. The highest BCUT2D eigenvalue weighted by Gasteiger charge is 2.35. The van der Waals surface area contributed by atoms with Crippen molar-refractivity contribution in [2.45, 2.75) is 44.2 Å². The molecular formula is C30H42N4O7S. The molecule has 42 heavy (non-hydrogen) atoms. The number of likely N-dealkylation sites (N-methyl/N-ethyl adjacent to an activating group) is 1. The minimum absolute atomic E-state index is 0.0480. The molecule has 2 amide bonds. The maximum Gasteiger partial charge on any atom is 0.258 e. The summed E-state index contributed by atoms with van der Waals surface area (Å²) in [7, 11) is -2.27. The van der Waals surface area contributed by atoms with Crippen molar-refractivity contribution in [3.63, 3.8) is 0 Å². The summed E-state index contributed by atoms with van der Waals surface area (Å²) < 4.78 is 39.6. The number of hydrogen-bond acceptors (Lipinski definition) is 8. The van der Waals surface area contributed by atoms with Gasteiger partial charge >= 0.3 is 0 Å². The topological polar surface area (TPSA) is 129 Å². The predicted octanol–water partition coefficient (Wildman–Crippen LogP) is 2.20. The second-order valence-electron chi connectivity index (χ2n) is 11.2.